The maximum absolute atomic E-state index is 12.3. The van der Waals surface area contributed by atoms with E-state index in [2.05, 4.69) is 10.6 Å². The highest BCUT2D eigenvalue weighted by Crippen LogP contribution is 2.22. The van der Waals surface area contributed by atoms with Gasteiger partial charge in [0.1, 0.15) is 5.75 Å². The summed E-state index contributed by atoms with van der Waals surface area (Å²) in [6, 6.07) is 12.7. The number of hydrogen-bond acceptors (Lipinski definition) is 6. The molecule has 3 rings (SSSR count). The van der Waals surface area contributed by atoms with Crippen LogP contribution in [0.5, 0.6) is 5.75 Å². The number of carbonyl (C=O) groups is 5. The SMILES string of the molecule is CC(=O)Oc1cccc(C(=O)NCCNC(=O)CCN2C(=O)c3ccccc3C2=O)c1. The standard InChI is InChI=1S/C22H21N3O6/c1-14(26)31-16-6-4-5-15(13-16)20(28)24-11-10-23-19(27)9-12-25-21(29)17-7-2-3-8-18(17)22(25)30/h2-8,13H,9-12H2,1H3,(H,23,27)(H,24,28). The highest BCUT2D eigenvalue weighted by Gasteiger charge is 2.34. The van der Waals surface area contributed by atoms with Gasteiger partial charge in [-0.2, -0.15) is 0 Å². The van der Waals surface area contributed by atoms with Gasteiger partial charge in [-0.25, -0.2) is 0 Å². The number of hydrogen-bond donors (Lipinski definition) is 2. The van der Waals surface area contributed by atoms with Crippen molar-refractivity contribution in [2.45, 2.75) is 13.3 Å². The van der Waals surface area contributed by atoms with Crippen LogP contribution < -0.4 is 15.4 Å². The normalized spacial score (nSPS) is 12.4. The Labute approximate surface area is 178 Å². The summed E-state index contributed by atoms with van der Waals surface area (Å²) < 4.78 is 4.94. The molecule has 0 fully saturated rings. The smallest absolute Gasteiger partial charge is 0.308 e. The van der Waals surface area contributed by atoms with Crippen molar-refractivity contribution in [2.75, 3.05) is 19.6 Å². The van der Waals surface area contributed by atoms with E-state index in [4.69, 9.17) is 4.74 Å². The lowest BCUT2D eigenvalue weighted by Crippen LogP contribution is -2.37. The van der Waals surface area contributed by atoms with Crippen molar-refractivity contribution in [2.24, 2.45) is 0 Å². The predicted molar refractivity (Wildman–Crippen MR) is 110 cm³/mol. The fourth-order valence-corrected chi connectivity index (χ4v) is 3.09. The van der Waals surface area contributed by atoms with Gasteiger partial charge in [0.15, 0.2) is 0 Å². The minimum atomic E-state index is -0.485. The minimum Gasteiger partial charge on any atom is -0.427 e. The average molecular weight is 423 g/mol. The van der Waals surface area contributed by atoms with Crippen LogP contribution in [-0.4, -0.2) is 54.1 Å². The molecule has 160 valence electrons. The molecule has 0 radical (unpaired) electrons. The second-order valence-corrected chi connectivity index (χ2v) is 6.78. The van der Waals surface area contributed by atoms with Gasteiger partial charge in [-0.05, 0) is 30.3 Å². The summed E-state index contributed by atoms with van der Waals surface area (Å²) in [7, 11) is 0. The molecule has 31 heavy (non-hydrogen) atoms. The number of nitrogens with one attached hydrogen (secondary N) is 2. The van der Waals surface area contributed by atoms with Crippen molar-refractivity contribution in [3.63, 3.8) is 0 Å². The monoisotopic (exact) mass is 423 g/mol. The van der Waals surface area contributed by atoms with Crippen molar-refractivity contribution in [1.82, 2.24) is 15.5 Å². The lowest BCUT2D eigenvalue weighted by Gasteiger charge is -2.13. The summed E-state index contributed by atoms with van der Waals surface area (Å²) >= 11 is 0. The topological polar surface area (TPSA) is 122 Å². The Morgan fingerprint density at radius 3 is 2.19 bits per heavy atom. The fourth-order valence-electron chi connectivity index (χ4n) is 3.09. The summed E-state index contributed by atoms with van der Waals surface area (Å²) in [4.78, 5) is 60.8. The zero-order valence-corrected chi connectivity index (χ0v) is 16.8. The molecular formula is C22H21N3O6. The molecule has 0 aromatic heterocycles. The van der Waals surface area contributed by atoms with Crippen molar-refractivity contribution >= 4 is 29.6 Å². The molecule has 1 aliphatic heterocycles. The van der Waals surface area contributed by atoms with Gasteiger partial charge in [0.25, 0.3) is 17.7 Å². The van der Waals surface area contributed by atoms with Crippen LogP contribution in [0.2, 0.25) is 0 Å². The third kappa shape index (κ3) is 5.33. The van der Waals surface area contributed by atoms with Crippen LogP contribution in [0.3, 0.4) is 0 Å². The van der Waals surface area contributed by atoms with Gasteiger partial charge >= 0.3 is 5.97 Å². The fraction of sp³-hybridized carbons (Fsp3) is 0.227. The minimum absolute atomic E-state index is 0.0204. The number of fused-ring (bicyclic) bond motifs is 1. The van der Waals surface area contributed by atoms with Gasteiger partial charge in [0, 0.05) is 38.5 Å². The first-order chi connectivity index (χ1) is 14.9. The molecule has 2 N–H and O–H groups in total. The van der Waals surface area contributed by atoms with Crippen molar-refractivity contribution in [3.05, 3.63) is 65.2 Å². The van der Waals surface area contributed by atoms with Crippen LogP contribution in [0, 0.1) is 0 Å². The van der Waals surface area contributed by atoms with Crippen molar-refractivity contribution in [3.8, 4) is 5.75 Å². The van der Waals surface area contributed by atoms with E-state index in [0.29, 0.717) is 16.7 Å². The first-order valence-corrected chi connectivity index (χ1v) is 9.65. The largest absolute Gasteiger partial charge is 0.427 e. The third-order valence-corrected chi connectivity index (χ3v) is 4.53. The zero-order chi connectivity index (χ0) is 22.4. The molecule has 2 aromatic carbocycles. The number of ether oxygens (including phenoxy) is 1. The summed E-state index contributed by atoms with van der Waals surface area (Å²) in [6.07, 6.45) is -0.0379. The molecule has 0 bridgehead atoms. The van der Waals surface area contributed by atoms with E-state index < -0.39 is 17.8 Å². The Morgan fingerprint density at radius 1 is 0.903 bits per heavy atom. The molecule has 9 nitrogen and oxygen atoms in total. The van der Waals surface area contributed by atoms with Crippen molar-refractivity contribution < 1.29 is 28.7 Å². The summed E-state index contributed by atoms with van der Waals surface area (Å²) in [5.41, 5.74) is 0.998. The maximum Gasteiger partial charge on any atom is 0.308 e. The lowest BCUT2D eigenvalue weighted by molar-refractivity contribution is -0.131. The van der Waals surface area contributed by atoms with Gasteiger partial charge in [-0.3, -0.25) is 28.9 Å². The third-order valence-electron chi connectivity index (χ3n) is 4.53. The molecule has 0 atom stereocenters. The Bertz CT molecular complexity index is 1010. The molecular weight excluding hydrogens is 402 g/mol. The predicted octanol–water partition coefficient (Wildman–Crippen LogP) is 1.14. The van der Waals surface area contributed by atoms with Gasteiger partial charge in [0.2, 0.25) is 5.91 Å². The molecule has 1 heterocycles. The quantitative estimate of drug-likeness (QED) is 0.284. The molecule has 0 unspecified atom stereocenters. The number of rotatable bonds is 8. The van der Waals surface area contributed by atoms with E-state index >= 15 is 0 Å². The molecule has 9 heteroatoms. The van der Waals surface area contributed by atoms with E-state index in [0.717, 1.165) is 4.90 Å². The molecule has 2 aromatic rings. The number of benzene rings is 2. The zero-order valence-electron chi connectivity index (χ0n) is 16.8. The Kier molecular flexibility index (Phi) is 6.76. The number of nitrogens with zero attached hydrogens (tertiary/aromatic N) is 1. The van der Waals surface area contributed by atoms with Crippen LogP contribution in [0.4, 0.5) is 0 Å². The van der Waals surface area contributed by atoms with Crippen LogP contribution in [0.15, 0.2) is 48.5 Å². The van der Waals surface area contributed by atoms with E-state index in [1.54, 1.807) is 42.5 Å². The molecule has 0 saturated carbocycles. The number of carbonyl (C=O) groups excluding carboxylic acids is 5. The summed E-state index contributed by atoms with van der Waals surface area (Å²) in [5.74, 6) is -1.76. The van der Waals surface area contributed by atoms with Crippen molar-refractivity contribution in [1.29, 1.82) is 0 Å². The van der Waals surface area contributed by atoms with Crippen LogP contribution in [0.1, 0.15) is 44.4 Å². The van der Waals surface area contributed by atoms with Gasteiger partial charge < -0.3 is 15.4 Å². The average Bonchev–Trinajstić information content (AvgIpc) is 2.99. The van der Waals surface area contributed by atoms with Crippen LogP contribution in [-0.2, 0) is 9.59 Å². The second kappa shape index (κ2) is 9.66. The lowest BCUT2D eigenvalue weighted by atomic mass is 10.1. The van der Waals surface area contributed by atoms with E-state index in [-0.39, 0.29) is 43.6 Å². The first kappa shape index (κ1) is 21.7. The van der Waals surface area contributed by atoms with E-state index in [1.807, 2.05) is 0 Å². The number of esters is 1. The van der Waals surface area contributed by atoms with Crippen LogP contribution in [0.25, 0.3) is 0 Å². The molecule has 4 amide bonds. The molecule has 0 aliphatic carbocycles. The number of imide groups is 1. The Morgan fingerprint density at radius 2 is 1.55 bits per heavy atom. The number of amides is 4. The molecule has 0 spiro atoms. The van der Waals surface area contributed by atoms with Gasteiger partial charge in [-0.1, -0.05) is 18.2 Å². The Balaban J connectivity index is 1.39. The summed E-state index contributed by atoms with van der Waals surface area (Å²) in [5, 5.41) is 5.27. The van der Waals surface area contributed by atoms with E-state index in [9.17, 15) is 24.0 Å². The van der Waals surface area contributed by atoms with Crippen LogP contribution >= 0.6 is 0 Å². The van der Waals surface area contributed by atoms with Gasteiger partial charge in [0.05, 0.1) is 11.1 Å². The van der Waals surface area contributed by atoms with Gasteiger partial charge in [-0.15, -0.1) is 0 Å². The first-order valence-electron chi connectivity index (χ1n) is 9.65. The Hall–Kier alpha value is -4.01. The second-order valence-electron chi connectivity index (χ2n) is 6.78. The van der Waals surface area contributed by atoms with E-state index in [1.165, 1.54) is 13.0 Å². The maximum atomic E-state index is 12.3. The highest BCUT2D eigenvalue weighted by molar-refractivity contribution is 6.21. The molecule has 0 saturated heterocycles. The highest BCUT2D eigenvalue weighted by atomic mass is 16.5. The molecule has 1 aliphatic rings. The summed E-state index contributed by atoms with van der Waals surface area (Å²) in [6.45, 7) is 1.60.